The molecule has 3 aromatic rings. The van der Waals surface area contributed by atoms with Gasteiger partial charge in [0.25, 0.3) is 0 Å². The van der Waals surface area contributed by atoms with Crippen molar-refractivity contribution in [1.29, 1.82) is 0 Å². The summed E-state index contributed by atoms with van der Waals surface area (Å²) in [6.45, 7) is 3.91. The van der Waals surface area contributed by atoms with Crippen molar-refractivity contribution in [3.63, 3.8) is 0 Å². The van der Waals surface area contributed by atoms with E-state index < -0.39 is 0 Å². The highest BCUT2D eigenvalue weighted by molar-refractivity contribution is 7.07. The van der Waals surface area contributed by atoms with Crippen molar-refractivity contribution < 1.29 is 0 Å². The second kappa shape index (κ2) is 6.58. The molecule has 0 saturated heterocycles. The molecule has 5 nitrogen and oxygen atoms in total. The Morgan fingerprint density at radius 3 is 3.05 bits per heavy atom. The molecule has 0 aliphatic rings. The summed E-state index contributed by atoms with van der Waals surface area (Å²) in [4.78, 5) is 8.99. The number of fused-ring (bicyclic) bond motifs is 1. The molecule has 2 N–H and O–H groups in total. The van der Waals surface area contributed by atoms with Gasteiger partial charge in [-0.1, -0.05) is 6.92 Å². The quantitative estimate of drug-likeness (QED) is 0.703. The van der Waals surface area contributed by atoms with Gasteiger partial charge in [-0.25, -0.2) is 9.97 Å². The van der Waals surface area contributed by atoms with Crippen molar-refractivity contribution in [3.05, 3.63) is 41.0 Å². The molecule has 3 rings (SSSR count). The van der Waals surface area contributed by atoms with Crippen molar-refractivity contribution in [2.24, 2.45) is 0 Å². The molecule has 0 atom stereocenters. The lowest BCUT2D eigenvalue weighted by atomic mass is 10.2. The fraction of sp³-hybridized carbons (Fsp3) is 0.333. The Morgan fingerprint density at radius 2 is 2.24 bits per heavy atom. The van der Waals surface area contributed by atoms with Gasteiger partial charge in [-0.15, -0.1) is 0 Å². The highest BCUT2D eigenvalue weighted by Crippen LogP contribution is 2.16. The summed E-state index contributed by atoms with van der Waals surface area (Å²) in [5.74, 6) is 1.71. The van der Waals surface area contributed by atoms with Crippen LogP contribution in [0.15, 0.2) is 35.4 Å². The molecule has 0 unspecified atom stereocenters. The van der Waals surface area contributed by atoms with Crippen LogP contribution >= 0.6 is 11.3 Å². The third-order valence-electron chi connectivity index (χ3n) is 3.22. The van der Waals surface area contributed by atoms with E-state index in [0.717, 1.165) is 43.2 Å². The summed E-state index contributed by atoms with van der Waals surface area (Å²) >= 11 is 1.73. The van der Waals surface area contributed by atoms with Gasteiger partial charge in [0.15, 0.2) is 11.5 Å². The Balaban J connectivity index is 1.74. The van der Waals surface area contributed by atoms with Gasteiger partial charge in [0.1, 0.15) is 5.82 Å². The molecular weight excluding hydrogens is 282 g/mol. The topological polar surface area (TPSA) is 54.2 Å². The minimum absolute atomic E-state index is 0.830. The van der Waals surface area contributed by atoms with E-state index in [9.17, 15) is 0 Å². The van der Waals surface area contributed by atoms with E-state index in [1.807, 2.05) is 16.8 Å². The maximum Gasteiger partial charge on any atom is 0.180 e. The molecule has 0 spiro atoms. The number of nitrogens with zero attached hydrogens (tertiary/aromatic N) is 3. The van der Waals surface area contributed by atoms with Gasteiger partial charge >= 0.3 is 0 Å². The van der Waals surface area contributed by atoms with Gasteiger partial charge in [-0.3, -0.25) is 0 Å². The maximum absolute atomic E-state index is 4.63. The summed E-state index contributed by atoms with van der Waals surface area (Å²) < 4.78 is 2.00. The highest BCUT2D eigenvalue weighted by atomic mass is 32.1. The van der Waals surface area contributed by atoms with E-state index in [1.54, 1.807) is 17.5 Å². The van der Waals surface area contributed by atoms with Crippen molar-refractivity contribution in [1.82, 2.24) is 14.4 Å². The van der Waals surface area contributed by atoms with E-state index in [0.29, 0.717) is 0 Å². The van der Waals surface area contributed by atoms with Crippen molar-refractivity contribution in [2.45, 2.75) is 19.8 Å². The first-order chi connectivity index (χ1) is 10.4. The molecule has 0 radical (unpaired) electrons. The molecule has 0 bridgehead atoms. The fourth-order valence-corrected chi connectivity index (χ4v) is 2.85. The van der Waals surface area contributed by atoms with Crippen LogP contribution in [0, 0.1) is 0 Å². The molecule has 0 fully saturated rings. The predicted octanol–water partition coefficient (Wildman–Crippen LogP) is 3.27. The number of rotatable bonds is 7. The van der Waals surface area contributed by atoms with Crippen molar-refractivity contribution in [2.75, 3.05) is 23.7 Å². The Morgan fingerprint density at radius 1 is 1.29 bits per heavy atom. The number of imidazole rings is 1. The Kier molecular flexibility index (Phi) is 4.35. The normalized spacial score (nSPS) is 10.9. The van der Waals surface area contributed by atoms with E-state index in [4.69, 9.17) is 0 Å². The van der Waals surface area contributed by atoms with Crippen LogP contribution in [0.25, 0.3) is 5.65 Å². The van der Waals surface area contributed by atoms with Crippen LogP contribution in [0.2, 0.25) is 0 Å². The SMILES string of the molecule is CCCNc1cn2ccnc2c(NCCc2ccsc2)n1. The third kappa shape index (κ3) is 3.33. The summed E-state index contributed by atoms with van der Waals surface area (Å²) in [6, 6.07) is 2.16. The largest absolute Gasteiger partial charge is 0.369 e. The van der Waals surface area contributed by atoms with E-state index in [-0.39, 0.29) is 0 Å². The van der Waals surface area contributed by atoms with Gasteiger partial charge < -0.3 is 15.0 Å². The smallest absolute Gasteiger partial charge is 0.180 e. The van der Waals surface area contributed by atoms with E-state index >= 15 is 0 Å². The number of hydrogen-bond donors (Lipinski definition) is 2. The zero-order valence-corrected chi connectivity index (χ0v) is 12.9. The highest BCUT2D eigenvalue weighted by Gasteiger charge is 2.07. The second-order valence-corrected chi connectivity index (χ2v) is 5.65. The minimum atomic E-state index is 0.830. The summed E-state index contributed by atoms with van der Waals surface area (Å²) in [6.07, 6.45) is 7.78. The van der Waals surface area contributed by atoms with E-state index in [2.05, 4.69) is 44.4 Å². The van der Waals surface area contributed by atoms with Crippen LogP contribution in [-0.4, -0.2) is 27.5 Å². The molecule has 0 aromatic carbocycles. The molecule has 6 heteroatoms. The minimum Gasteiger partial charge on any atom is -0.369 e. The predicted molar refractivity (Wildman–Crippen MR) is 88.3 cm³/mol. The second-order valence-electron chi connectivity index (χ2n) is 4.87. The van der Waals surface area contributed by atoms with Crippen LogP contribution < -0.4 is 10.6 Å². The zero-order chi connectivity index (χ0) is 14.5. The lowest BCUT2D eigenvalue weighted by Gasteiger charge is -2.10. The lowest BCUT2D eigenvalue weighted by molar-refractivity contribution is 0.956. The van der Waals surface area contributed by atoms with Crippen molar-refractivity contribution >= 4 is 28.6 Å². The van der Waals surface area contributed by atoms with E-state index in [1.165, 1.54) is 5.56 Å². The average molecular weight is 301 g/mol. The number of nitrogens with one attached hydrogen (secondary N) is 2. The van der Waals surface area contributed by atoms with Gasteiger partial charge in [0.2, 0.25) is 0 Å². The van der Waals surface area contributed by atoms with Gasteiger partial charge in [-0.05, 0) is 35.2 Å². The zero-order valence-electron chi connectivity index (χ0n) is 12.0. The molecular formula is C15H19N5S. The fourth-order valence-electron chi connectivity index (χ4n) is 2.15. The number of aromatic nitrogens is 3. The van der Waals surface area contributed by atoms with Crippen molar-refractivity contribution in [3.8, 4) is 0 Å². The molecule has 110 valence electrons. The average Bonchev–Trinajstić information content (AvgIpc) is 3.15. The standard InChI is InChI=1S/C15H19N5S/c1-2-5-16-13-10-20-8-7-18-15(20)14(19-13)17-6-3-12-4-9-21-11-12/h4,7-11,16H,2-3,5-6H2,1H3,(H,17,19). The van der Waals surface area contributed by atoms with Crippen LogP contribution in [0.3, 0.4) is 0 Å². The maximum atomic E-state index is 4.63. The lowest BCUT2D eigenvalue weighted by Crippen LogP contribution is -2.10. The molecule has 0 aliphatic heterocycles. The number of hydrogen-bond acceptors (Lipinski definition) is 5. The summed E-state index contributed by atoms with van der Waals surface area (Å²) in [7, 11) is 0. The van der Waals surface area contributed by atoms with Crippen LogP contribution in [0.4, 0.5) is 11.6 Å². The molecule has 0 amide bonds. The molecule has 3 heterocycles. The summed E-state index contributed by atoms with van der Waals surface area (Å²) in [5.41, 5.74) is 2.22. The third-order valence-corrected chi connectivity index (χ3v) is 3.95. The van der Waals surface area contributed by atoms with Crippen LogP contribution in [-0.2, 0) is 6.42 Å². The molecule has 21 heavy (non-hydrogen) atoms. The van der Waals surface area contributed by atoms with Gasteiger partial charge in [-0.2, -0.15) is 11.3 Å². The first kappa shape index (κ1) is 13.9. The first-order valence-electron chi connectivity index (χ1n) is 7.19. The van der Waals surface area contributed by atoms with Gasteiger partial charge in [0, 0.05) is 25.5 Å². The number of anilines is 2. The number of thiophene rings is 1. The Labute approximate surface area is 128 Å². The first-order valence-corrected chi connectivity index (χ1v) is 8.13. The molecule has 0 saturated carbocycles. The Bertz CT molecular complexity index is 689. The Hall–Kier alpha value is -2.08. The van der Waals surface area contributed by atoms with Crippen LogP contribution in [0.5, 0.6) is 0 Å². The monoisotopic (exact) mass is 301 g/mol. The summed E-state index contributed by atoms with van der Waals surface area (Å²) in [5, 5.41) is 11.0. The van der Waals surface area contributed by atoms with Gasteiger partial charge in [0.05, 0.1) is 6.20 Å². The van der Waals surface area contributed by atoms with Crippen LogP contribution in [0.1, 0.15) is 18.9 Å². The molecule has 3 aromatic heterocycles. The molecule has 0 aliphatic carbocycles.